The third-order valence-electron chi connectivity index (χ3n) is 4.51. The van der Waals surface area contributed by atoms with Crippen LogP contribution in [0.25, 0.3) is 17.1 Å². The summed E-state index contributed by atoms with van der Waals surface area (Å²) in [5.41, 5.74) is 6.58. The second kappa shape index (κ2) is 9.95. The van der Waals surface area contributed by atoms with Crippen molar-refractivity contribution in [2.24, 2.45) is 5.10 Å². The molecule has 0 radical (unpaired) electrons. The van der Waals surface area contributed by atoms with Gasteiger partial charge in [0.1, 0.15) is 5.76 Å². The maximum atomic E-state index is 12.3. The number of nitrogens with zero attached hydrogens (tertiary/aromatic N) is 3. The van der Waals surface area contributed by atoms with E-state index in [1.165, 1.54) is 17.3 Å². The van der Waals surface area contributed by atoms with Crippen molar-refractivity contribution < 1.29 is 9.21 Å². The maximum absolute atomic E-state index is 12.3. The summed E-state index contributed by atoms with van der Waals surface area (Å²) in [7, 11) is 0. The van der Waals surface area contributed by atoms with Gasteiger partial charge in [-0.1, -0.05) is 54.2 Å². The van der Waals surface area contributed by atoms with Crippen molar-refractivity contribution in [3.63, 3.8) is 0 Å². The number of imidazole rings is 1. The van der Waals surface area contributed by atoms with Crippen molar-refractivity contribution in [3.8, 4) is 0 Å². The molecule has 0 fully saturated rings. The van der Waals surface area contributed by atoms with Crippen molar-refractivity contribution in [1.29, 1.82) is 0 Å². The molecule has 0 saturated heterocycles. The standard InChI is InChI=1S/C24H22N4O2S/c1-18(14-20-10-7-13-30-20)15-25-27-23(29)17-31-24-26-21-11-5-6-12-22(21)28(24)16-19-8-3-2-4-9-19/h2-15H,16-17H2,1H3,(H,27,29). The van der Waals surface area contributed by atoms with Gasteiger partial charge in [-0.2, -0.15) is 5.10 Å². The third kappa shape index (κ3) is 5.52. The number of aromatic nitrogens is 2. The number of hydrogen-bond donors (Lipinski definition) is 1. The number of fused-ring (bicyclic) bond motifs is 1. The number of thioether (sulfide) groups is 1. The zero-order valence-corrected chi connectivity index (χ0v) is 17.9. The van der Waals surface area contributed by atoms with Crippen LogP contribution in [0.2, 0.25) is 0 Å². The van der Waals surface area contributed by atoms with Crippen LogP contribution in [0.4, 0.5) is 0 Å². The number of hydrazone groups is 1. The first-order chi connectivity index (χ1) is 15.2. The van der Waals surface area contributed by atoms with Crippen LogP contribution in [0, 0.1) is 0 Å². The second-order valence-corrected chi connectivity index (χ2v) is 7.88. The number of allylic oxidation sites excluding steroid dienone is 1. The Hall–Kier alpha value is -3.58. The zero-order chi connectivity index (χ0) is 21.5. The first kappa shape index (κ1) is 20.7. The average molecular weight is 431 g/mol. The Morgan fingerprint density at radius 2 is 1.94 bits per heavy atom. The zero-order valence-electron chi connectivity index (χ0n) is 17.1. The summed E-state index contributed by atoms with van der Waals surface area (Å²) in [6.45, 7) is 2.58. The quantitative estimate of drug-likeness (QED) is 0.243. The lowest BCUT2D eigenvalue weighted by Crippen LogP contribution is -2.20. The van der Waals surface area contributed by atoms with Crippen LogP contribution in [0.15, 0.2) is 93.2 Å². The molecule has 2 aromatic heterocycles. The Bertz CT molecular complexity index is 1210. The molecule has 2 aromatic carbocycles. The lowest BCUT2D eigenvalue weighted by Gasteiger charge is -2.09. The molecular weight excluding hydrogens is 408 g/mol. The molecule has 4 rings (SSSR count). The monoisotopic (exact) mass is 430 g/mol. The van der Waals surface area contributed by atoms with E-state index in [1.807, 2.05) is 67.6 Å². The van der Waals surface area contributed by atoms with E-state index in [1.54, 1.807) is 12.5 Å². The number of carbonyl (C=O) groups excluding carboxylic acids is 1. The number of carbonyl (C=O) groups is 1. The summed E-state index contributed by atoms with van der Waals surface area (Å²) >= 11 is 1.40. The summed E-state index contributed by atoms with van der Waals surface area (Å²) in [6.07, 6.45) is 5.05. The Kier molecular flexibility index (Phi) is 6.64. The van der Waals surface area contributed by atoms with Gasteiger partial charge in [0.05, 0.1) is 35.8 Å². The second-order valence-electron chi connectivity index (χ2n) is 6.94. The fourth-order valence-electron chi connectivity index (χ4n) is 3.09. The Morgan fingerprint density at radius 1 is 1.13 bits per heavy atom. The summed E-state index contributed by atoms with van der Waals surface area (Å²) in [6, 6.07) is 21.9. The number of benzene rings is 2. The van der Waals surface area contributed by atoms with Crippen LogP contribution < -0.4 is 5.43 Å². The first-order valence-corrected chi connectivity index (χ1v) is 10.8. The SMILES string of the molecule is CC(C=NNC(=O)CSc1nc2ccccc2n1Cc1ccccc1)=Cc1ccco1. The van der Waals surface area contributed by atoms with Crippen LogP contribution in [0.3, 0.4) is 0 Å². The van der Waals surface area contributed by atoms with Crippen molar-refractivity contribution in [2.75, 3.05) is 5.75 Å². The molecule has 7 heteroatoms. The number of nitrogens with one attached hydrogen (secondary N) is 1. The average Bonchev–Trinajstić information content (AvgIpc) is 3.41. The van der Waals surface area contributed by atoms with E-state index in [-0.39, 0.29) is 11.7 Å². The van der Waals surface area contributed by atoms with E-state index in [9.17, 15) is 4.79 Å². The van der Waals surface area contributed by atoms with E-state index < -0.39 is 0 Å². The molecule has 1 amide bonds. The van der Waals surface area contributed by atoms with Crippen LogP contribution in [-0.4, -0.2) is 27.4 Å². The largest absolute Gasteiger partial charge is 0.465 e. The van der Waals surface area contributed by atoms with Gasteiger partial charge in [0.2, 0.25) is 0 Å². The van der Waals surface area contributed by atoms with Crippen molar-refractivity contribution in [3.05, 3.63) is 89.9 Å². The molecule has 1 N–H and O–H groups in total. The molecule has 2 heterocycles. The molecule has 31 heavy (non-hydrogen) atoms. The van der Waals surface area contributed by atoms with Crippen molar-refractivity contribution in [2.45, 2.75) is 18.6 Å². The Morgan fingerprint density at radius 3 is 2.74 bits per heavy atom. The number of para-hydroxylation sites is 2. The minimum atomic E-state index is -0.189. The Balaban J connectivity index is 1.41. The molecule has 156 valence electrons. The molecule has 0 aliphatic rings. The van der Waals surface area contributed by atoms with Gasteiger partial charge in [-0.15, -0.1) is 0 Å². The molecule has 4 aromatic rings. The number of hydrogen-bond acceptors (Lipinski definition) is 5. The number of furan rings is 1. The van der Waals surface area contributed by atoms with E-state index in [0.29, 0.717) is 6.54 Å². The summed E-state index contributed by atoms with van der Waals surface area (Å²) < 4.78 is 7.40. The molecule has 0 saturated carbocycles. The van der Waals surface area contributed by atoms with Gasteiger partial charge in [0, 0.05) is 0 Å². The van der Waals surface area contributed by atoms with Crippen LogP contribution in [0.1, 0.15) is 18.2 Å². The smallest absolute Gasteiger partial charge is 0.250 e. The van der Waals surface area contributed by atoms with Gasteiger partial charge in [-0.3, -0.25) is 4.79 Å². The van der Waals surface area contributed by atoms with E-state index in [2.05, 4.69) is 27.2 Å². The lowest BCUT2D eigenvalue weighted by molar-refractivity contribution is -0.118. The fourth-order valence-corrected chi connectivity index (χ4v) is 3.89. The van der Waals surface area contributed by atoms with Crippen molar-refractivity contribution >= 4 is 41.0 Å². The minimum absolute atomic E-state index is 0.189. The highest BCUT2D eigenvalue weighted by molar-refractivity contribution is 7.99. The van der Waals surface area contributed by atoms with Gasteiger partial charge in [-0.25, -0.2) is 10.4 Å². The predicted molar refractivity (Wildman–Crippen MR) is 125 cm³/mol. The lowest BCUT2D eigenvalue weighted by atomic mass is 10.2. The molecule has 0 spiro atoms. The highest BCUT2D eigenvalue weighted by atomic mass is 32.2. The molecule has 6 nitrogen and oxygen atoms in total. The highest BCUT2D eigenvalue weighted by Gasteiger charge is 2.13. The predicted octanol–water partition coefficient (Wildman–Crippen LogP) is 4.98. The first-order valence-electron chi connectivity index (χ1n) is 9.85. The summed E-state index contributed by atoms with van der Waals surface area (Å²) in [5.74, 6) is 0.768. The number of amides is 1. The van der Waals surface area contributed by atoms with Crippen molar-refractivity contribution in [1.82, 2.24) is 15.0 Å². The van der Waals surface area contributed by atoms with E-state index >= 15 is 0 Å². The fraction of sp³-hybridized carbons (Fsp3) is 0.125. The van der Waals surface area contributed by atoms with Gasteiger partial charge in [-0.05, 0) is 48.4 Å². The summed E-state index contributed by atoms with van der Waals surface area (Å²) in [4.78, 5) is 17.0. The van der Waals surface area contributed by atoms with Crippen LogP contribution in [0.5, 0.6) is 0 Å². The van der Waals surface area contributed by atoms with E-state index in [0.717, 1.165) is 27.5 Å². The van der Waals surface area contributed by atoms with Gasteiger partial charge in [0.15, 0.2) is 5.16 Å². The molecule has 0 bridgehead atoms. The molecule has 0 atom stereocenters. The molecular formula is C24H22N4O2S. The summed E-state index contributed by atoms with van der Waals surface area (Å²) in [5, 5.41) is 4.83. The van der Waals surface area contributed by atoms with Crippen LogP contribution >= 0.6 is 11.8 Å². The maximum Gasteiger partial charge on any atom is 0.250 e. The minimum Gasteiger partial charge on any atom is -0.465 e. The van der Waals surface area contributed by atoms with Crippen LogP contribution in [-0.2, 0) is 11.3 Å². The normalized spacial score (nSPS) is 12.0. The van der Waals surface area contributed by atoms with Gasteiger partial charge < -0.3 is 8.98 Å². The highest BCUT2D eigenvalue weighted by Crippen LogP contribution is 2.25. The van der Waals surface area contributed by atoms with E-state index in [4.69, 9.17) is 9.40 Å². The number of rotatable bonds is 8. The van der Waals surface area contributed by atoms with Gasteiger partial charge >= 0.3 is 0 Å². The third-order valence-corrected chi connectivity index (χ3v) is 5.48. The topological polar surface area (TPSA) is 72.4 Å². The van der Waals surface area contributed by atoms with Gasteiger partial charge in [0.25, 0.3) is 5.91 Å². The molecule has 0 aliphatic carbocycles. The molecule has 0 aliphatic heterocycles. The molecule has 0 unspecified atom stereocenters. The Labute approximate surface area is 184 Å².